The van der Waals surface area contributed by atoms with Crippen LogP contribution in [0.3, 0.4) is 0 Å². The molecular weight excluding hydrogens is 302 g/mol. The van der Waals surface area contributed by atoms with Crippen molar-refractivity contribution in [3.8, 4) is 0 Å². The topological polar surface area (TPSA) is 75.4 Å². The molecule has 1 saturated heterocycles. The van der Waals surface area contributed by atoms with Crippen molar-refractivity contribution in [3.63, 3.8) is 0 Å². The number of carbonyl (C=O) groups excluding carboxylic acids is 2. The summed E-state index contributed by atoms with van der Waals surface area (Å²) >= 11 is 0. The monoisotopic (exact) mass is 331 g/mol. The van der Waals surface area contributed by atoms with E-state index < -0.39 is 0 Å². The smallest absolute Gasteiger partial charge is 0.226 e. The first kappa shape index (κ1) is 18.3. The van der Waals surface area contributed by atoms with E-state index in [1.165, 1.54) is 0 Å². The van der Waals surface area contributed by atoms with Gasteiger partial charge in [0, 0.05) is 31.2 Å². The lowest BCUT2D eigenvalue weighted by Gasteiger charge is -2.31. The molecule has 2 amide bonds. The molecule has 0 spiro atoms. The van der Waals surface area contributed by atoms with Crippen LogP contribution in [0, 0.1) is 5.92 Å². The average Bonchev–Trinajstić information content (AvgIpc) is 2.60. The predicted molar refractivity (Wildman–Crippen MR) is 96.4 cm³/mol. The molecule has 1 aliphatic rings. The Kier molecular flexibility index (Phi) is 7.09. The fourth-order valence-electron chi connectivity index (χ4n) is 3.04. The summed E-state index contributed by atoms with van der Waals surface area (Å²) in [6.45, 7) is 4.25. The molecule has 132 valence electrons. The standard InChI is InChI=1S/C19H29N3O2/c1-2-3-4-11-21-19(24)16-9-12-22(13-10-16)18(23)14-15-5-7-17(20)8-6-15/h5-8,16H,2-4,9-14,20H2,1H3,(H,21,24). The highest BCUT2D eigenvalue weighted by molar-refractivity contribution is 5.81. The Labute approximate surface area is 144 Å². The molecule has 2 rings (SSSR count). The Morgan fingerprint density at radius 1 is 1.17 bits per heavy atom. The number of nitrogens with two attached hydrogens (primary N) is 1. The van der Waals surface area contributed by atoms with Crippen LogP contribution in [-0.2, 0) is 16.0 Å². The van der Waals surface area contributed by atoms with E-state index in [4.69, 9.17) is 5.73 Å². The van der Waals surface area contributed by atoms with Gasteiger partial charge >= 0.3 is 0 Å². The second kappa shape index (κ2) is 9.30. The second-order valence-electron chi connectivity index (χ2n) is 6.57. The molecule has 1 aromatic carbocycles. The van der Waals surface area contributed by atoms with Crippen molar-refractivity contribution in [2.24, 2.45) is 5.92 Å². The van der Waals surface area contributed by atoms with Crippen LogP contribution in [0.15, 0.2) is 24.3 Å². The van der Waals surface area contributed by atoms with Crippen molar-refractivity contribution in [1.82, 2.24) is 10.2 Å². The van der Waals surface area contributed by atoms with E-state index in [9.17, 15) is 9.59 Å². The summed E-state index contributed by atoms with van der Waals surface area (Å²) in [5.41, 5.74) is 7.34. The van der Waals surface area contributed by atoms with Crippen LogP contribution in [-0.4, -0.2) is 36.3 Å². The van der Waals surface area contributed by atoms with Crippen molar-refractivity contribution >= 4 is 17.5 Å². The Bertz CT molecular complexity index is 534. The Morgan fingerprint density at radius 3 is 2.46 bits per heavy atom. The maximum absolute atomic E-state index is 12.4. The number of nitrogen functional groups attached to an aromatic ring is 1. The highest BCUT2D eigenvalue weighted by Gasteiger charge is 2.26. The average molecular weight is 331 g/mol. The maximum atomic E-state index is 12.4. The summed E-state index contributed by atoms with van der Waals surface area (Å²) in [7, 11) is 0. The quantitative estimate of drug-likeness (QED) is 0.595. The summed E-state index contributed by atoms with van der Waals surface area (Å²) in [6.07, 6.45) is 5.26. The number of hydrogen-bond donors (Lipinski definition) is 2. The first-order chi connectivity index (χ1) is 11.6. The number of carbonyl (C=O) groups is 2. The highest BCUT2D eigenvalue weighted by atomic mass is 16.2. The van der Waals surface area contributed by atoms with Gasteiger partial charge in [-0.15, -0.1) is 0 Å². The number of hydrogen-bond acceptors (Lipinski definition) is 3. The van der Waals surface area contributed by atoms with Gasteiger partial charge < -0.3 is 16.0 Å². The molecule has 0 aliphatic carbocycles. The normalized spacial score (nSPS) is 15.3. The van der Waals surface area contributed by atoms with Crippen LogP contribution < -0.4 is 11.1 Å². The fourth-order valence-corrected chi connectivity index (χ4v) is 3.04. The molecule has 0 radical (unpaired) electrons. The van der Waals surface area contributed by atoms with E-state index in [1.54, 1.807) is 0 Å². The maximum Gasteiger partial charge on any atom is 0.226 e. The first-order valence-electron chi connectivity index (χ1n) is 9.00. The molecule has 1 heterocycles. The number of benzene rings is 1. The van der Waals surface area contributed by atoms with Crippen molar-refractivity contribution in [3.05, 3.63) is 29.8 Å². The third kappa shape index (κ3) is 5.55. The van der Waals surface area contributed by atoms with Gasteiger partial charge in [-0.1, -0.05) is 31.9 Å². The molecule has 24 heavy (non-hydrogen) atoms. The molecule has 5 heteroatoms. The number of rotatable bonds is 7. The van der Waals surface area contributed by atoms with Gasteiger partial charge in [0.1, 0.15) is 0 Å². The van der Waals surface area contributed by atoms with Gasteiger partial charge in [-0.25, -0.2) is 0 Å². The van der Waals surface area contributed by atoms with Crippen LogP contribution in [0.4, 0.5) is 5.69 Å². The Hall–Kier alpha value is -2.04. The van der Waals surface area contributed by atoms with Crippen LogP contribution in [0.1, 0.15) is 44.6 Å². The van der Waals surface area contributed by atoms with Crippen molar-refractivity contribution in [2.75, 3.05) is 25.4 Å². The minimum atomic E-state index is 0.0483. The van der Waals surface area contributed by atoms with Crippen LogP contribution in [0.5, 0.6) is 0 Å². The van der Waals surface area contributed by atoms with Gasteiger partial charge in [-0.3, -0.25) is 9.59 Å². The van der Waals surface area contributed by atoms with Gasteiger partial charge in [0.05, 0.1) is 6.42 Å². The zero-order valence-electron chi connectivity index (χ0n) is 14.6. The summed E-state index contributed by atoms with van der Waals surface area (Å²) in [6, 6.07) is 7.42. The van der Waals surface area contributed by atoms with Crippen LogP contribution in [0.25, 0.3) is 0 Å². The summed E-state index contributed by atoms with van der Waals surface area (Å²) in [5.74, 6) is 0.325. The number of nitrogens with zero attached hydrogens (tertiary/aromatic N) is 1. The molecule has 0 saturated carbocycles. The van der Waals surface area contributed by atoms with Gasteiger partial charge in [0.15, 0.2) is 0 Å². The van der Waals surface area contributed by atoms with Gasteiger partial charge in [0.25, 0.3) is 0 Å². The largest absolute Gasteiger partial charge is 0.399 e. The number of nitrogens with one attached hydrogen (secondary N) is 1. The first-order valence-corrected chi connectivity index (χ1v) is 9.00. The molecule has 3 N–H and O–H groups in total. The number of unbranched alkanes of at least 4 members (excludes halogenated alkanes) is 2. The second-order valence-corrected chi connectivity index (χ2v) is 6.57. The molecule has 1 aromatic rings. The lowest BCUT2D eigenvalue weighted by Crippen LogP contribution is -2.43. The van der Waals surface area contributed by atoms with E-state index >= 15 is 0 Å². The SMILES string of the molecule is CCCCCNC(=O)C1CCN(C(=O)Cc2ccc(N)cc2)CC1. The number of anilines is 1. The molecule has 1 fully saturated rings. The third-order valence-electron chi connectivity index (χ3n) is 4.63. The molecule has 5 nitrogen and oxygen atoms in total. The number of likely N-dealkylation sites (tertiary alicyclic amines) is 1. The van der Waals surface area contributed by atoms with E-state index in [1.807, 2.05) is 29.2 Å². The lowest BCUT2D eigenvalue weighted by atomic mass is 9.95. The molecule has 0 aromatic heterocycles. The van der Waals surface area contributed by atoms with E-state index in [2.05, 4.69) is 12.2 Å². The molecule has 1 aliphatic heterocycles. The van der Waals surface area contributed by atoms with E-state index in [-0.39, 0.29) is 17.7 Å². The van der Waals surface area contributed by atoms with Gasteiger partial charge in [-0.05, 0) is 37.0 Å². The van der Waals surface area contributed by atoms with E-state index in [0.717, 1.165) is 44.2 Å². The van der Waals surface area contributed by atoms with Gasteiger partial charge in [0.2, 0.25) is 11.8 Å². The van der Waals surface area contributed by atoms with E-state index in [0.29, 0.717) is 25.2 Å². The summed E-state index contributed by atoms with van der Waals surface area (Å²) < 4.78 is 0. The zero-order valence-corrected chi connectivity index (χ0v) is 14.6. The lowest BCUT2D eigenvalue weighted by molar-refractivity contribution is -0.135. The Balaban J connectivity index is 1.72. The molecule has 0 bridgehead atoms. The van der Waals surface area contributed by atoms with Crippen molar-refractivity contribution in [1.29, 1.82) is 0 Å². The number of piperidine rings is 1. The zero-order chi connectivity index (χ0) is 17.4. The number of amides is 2. The van der Waals surface area contributed by atoms with Crippen LogP contribution in [0.2, 0.25) is 0 Å². The Morgan fingerprint density at radius 2 is 1.83 bits per heavy atom. The van der Waals surface area contributed by atoms with Crippen LogP contribution >= 0.6 is 0 Å². The fraction of sp³-hybridized carbons (Fsp3) is 0.579. The van der Waals surface area contributed by atoms with Crippen molar-refractivity contribution < 1.29 is 9.59 Å². The summed E-state index contributed by atoms with van der Waals surface area (Å²) in [4.78, 5) is 26.4. The van der Waals surface area contributed by atoms with Gasteiger partial charge in [-0.2, -0.15) is 0 Å². The minimum Gasteiger partial charge on any atom is -0.399 e. The highest BCUT2D eigenvalue weighted by Crippen LogP contribution is 2.18. The molecule has 0 atom stereocenters. The summed E-state index contributed by atoms with van der Waals surface area (Å²) in [5, 5.41) is 3.02. The minimum absolute atomic E-state index is 0.0483. The molecular formula is C19H29N3O2. The predicted octanol–water partition coefficient (Wildman–Crippen LogP) is 2.36. The third-order valence-corrected chi connectivity index (χ3v) is 4.63. The van der Waals surface area contributed by atoms with Crippen molar-refractivity contribution in [2.45, 2.75) is 45.4 Å². The molecule has 0 unspecified atom stereocenters.